The molecule has 5 nitrogen and oxygen atoms in total. The number of benzene rings is 2. The molecule has 0 amide bonds. The van der Waals surface area contributed by atoms with Crippen molar-refractivity contribution >= 4 is 22.8 Å². The standard InChI is InChI=1S/C35H47N3.Co.N2/c1-11-30(37-34-26(22(3)4)16-13-17-27(34)23(5)6)32-20-15-21-33(36-32)31(12-2)38-35-28(24(7)8)18-14-19-29(35)25(9)10;;1-2/h13-25H,11-12H2,1-10H3;;. The monoisotopic (exact) mass is 596 g/mol. The van der Waals surface area contributed by atoms with E-state index in [0.29, 0.717) is 23.7 Å². The molecular weight excluding hydrogens is 549 g/mol. The third kappa shape index (κ3) is 8.92. The van der Waals surface area contributed by atoms with Crippen molar-refractivity contribution in [3.05, 3.63) is 88.2 Å². The van der Waals surface area contributed by atoms with Gasteiger partial charge in [0, 0.05) is 27.6 Å². The minimum Gasteiger partial charge on any atom is -0.251 e. The maximum absolute atomic E-state index is 6.00. The molecule has 6 heteroatoms. The van der Waals surface area contributed by atoms with Crippen LogP contribution in [-0.2, 0) is 16.8 Å². The van der Waals surface area contributed by atoms with Crippen molar-refractivity contribution in [2.45, 2.75) is 106 Å². The first kappa shape index (κ1) is 35.9. The number of rotatable bonds is 10. The number of hydrogen-bond acceptors (Lipinski definition) is 5. The molecular formula is C35H47CoN5. The van der Waals surface area contributed by atoms with Gasteiger partial charge in [-0.15, -0.1) is 0 Å². The van der Waals surface area contributed by atoms with E-state index in [9.17, 15) is 0 Å². The average molecular weight is 597 g/mol. The fourth-order valence-corrected chi connectivity index (χ4v) is 4.94. The fraction of sp³-hybridized carbons (Fsp3) is 0.457. The molecule has 0 spiro atoms. The van der Waals surface area contributed by atoms with Crippen LogP contribution in [-0.4, -0.2) is 16.4 Å². The van der Waals surface area contributed by atoms with Gasteiger partial charge in [-0.2, -0.15) is 0 Å². The van der Waals surface area contributed by atoms with Crippen molar-refractivity contribution in [2.75, 3.05) is 0 Å². The largest absolute Gasteiger partial charge is 0.251 e. The van der Waals surface area contributed by atoms with E-state index in [2.05, 4.69) is 124 Å². The van der Waals surface area contributed by atoms with Crippen molar-refractivity contribution < 1.29 is 16.8 Å². The molecule has 41 heavy (non-hydrogen) atoms. The Morgan fingerprint density at radius 3 is 1.07 bits per heavy atom. The summed E-state index contributed by atoms with van der Waals surface area (Å²) in [5.41, 5.74) is 11.3. The summed E-state index contributed by atoms with van der Waals surface area (Å²) in [7, 11) is 0. The maximum Gasteiger partial charge on any atom is 0.0852 e. The fourth-order valence-electron chi connectivity index (χ4n) is 4.94. The molecule has 0 unspecified atom stereocenters. The first-order valence-corrected chi connectivity index (χ1v) is 14.7. The molecule has 0 fully saturated rings. The predicted molar refractivity (Wildman–Crippen MR) is 170 cm³/mol. The molecule has 221 valence electrons. The Labute approximate surface area is 258 Å². The van der Waals surface area contributed by atoms with Gasteiger partial charge in [0.2, 0.25) is 0 Å². The van der Waals surface area contributed by atoms with E-state index in [4.69, 9.17) is 25.8 Å². The van der Waals surface area contributed by atoms with Crippen LogP contribution in [0.25, 0.3) is 0 Å². The summed E-state index contributed by atoms with van der Waals surface area (Å²) in [4.78, 5) is 15.7. The summed E-state index contributed by atoms with van der Waals surface area (Å²) in [6.07, 6.45) is 1.62. The van der Waals surface area contributed by atoms with Gasteiger partial charge in [0.15, 0.2) is 0 Å². The Balaban J connectivity index is 0.00000274. The zero-order valence-corrected chi connectivity index (χ0v) is 27.5. The van der Waals surface area contributed by atoms with Crippen molar-refractivity contribution in [2.24, 2.45) is 9.98 Å². The Bertz CT molecular complexity index is 1200. The van der Waals surface area contributed by atoms with Crippen molar-refractivity contribution in [3.63, 3.8) is 0 Å². The molecule has 0 saturated carbocycles. The SMILES string of the molecule is CCC(=Nc1c(C(C)C)cccc1C(C)C)c1cccc(C(CC)=Nc2c(C(C)C)cccc2C(C)C)n1.N#N.[Co]. The molecule has 1 aromatic heterocycles. The Morgan fingerprint density at radius 2 is 0.829 bits per heavy atom. The summed E-state index contributed by atoms with van der Waals surface area (Å²) in [6, 6.07) is 19.5. The van der Waals surface area contributed by atoms with Gasteiger partial charge in [0.25, 0.3) is 0 Å². The zero-order chi connectivity index (χ0) is 30.0. The van der Waals surface area contributed by atoms with Crippen molar-refractivity contribution in [1.29, 1.82) is 10.8 Å². The molecule has 3 aromatic rings. The molecule has 0 atom stereocenters. The number of hydrogen-bond donors (Lipinski definition) is 0. The molecule has 3 rings (SSSR count). The summed E-state index contributed by atoms with van der Waals surface area (Å²) in [5.74, 6) is 1.61. The zero-order valence-electron chi connectivity index (χ0n) is 26.5. The third-order valence-corrected chi connectivity index (χ3v) is 7.19. The van der Waals surface area contributed by atoms with Crippen molar-refractivity contribution in [3.8, 4) is 0 Å². The van der Waals surface area contributed by atoms with Crippen LogP contribution in [0.15, 0.2) is 64.6 Å². The Hall–Kier alpha value is -3.14. The molecule has 0 N–H and O–H groups in total. The molecule has 1 radical (unpaired) electrons. The van der Waals surface area contributed by atoms with Crippen LogP contribution in [0, 0.1) is 10.8 Å². The van der Waals surface area contributed by atoms with Gasteiger partial charge in [-0.25, -0.2) is 4.98 Å². The van der Waals surface area contributed by atoms with Gasteiger partial charge in [0.05, 0.1) is 34.2 Å². The van der Waals surface area contributed by atoms with Gasteiger partial charge < -0.3 is 0 Å². The van der Waals surface area contributed by atoms with E-state index in [1.165, 1.54) is 22.3 Å². The van der Waals surface area contributed by atoms with Crippen LogP contribution in [0.2, 0.25) is 0 Å². The number of aromatic nitrogens is 1. The van der Waals surface area contributed by atoms with Gasteiger partial charge in [-0.1, -0.05) is 112 Å². The molecule has 0 bridgehead atoms. The quantitative estimate of drug-likeness (QED) is 0.172. The second-order valence-corrected chi connectivity index (χ2v) is 11.4. The molecule has 0 aliphatic rings. The first-order chi connectivity index (χ1) is 19.1. The van der Waals surface area contributed by atoms with Crippen LogP contribution in [0.4, 0.5) is 11.4 Å². The van der Waals surface area contributed by atoms with E-state index in [1.807, 2.05) is 0 Å². The second-order valence-electron chi connectivity index (χ2n) is 11.4. The van der Waals surface area contributed by atoms with Gasteiger partial charge >= 0.3 is 0 Å². The Morgan fingerprint density at radius 1 is 0.561 bits per heavy atom. The second kappa shape index (κ2) is 17.0. The number of aliphatic imine (C=N–C) groups is 2. The summed E-state index contributed by atoms with van der Waals surface area (Å²) in [6.45, 7) is 22.3. The van der Waals surface area contributed by atoms with E-state index in [-0.39, 0.29) is 16.8 Å². The minimum absolute atomic E-state index is 0. The summed E-state index contributed by atoms with van der Waals surface area (Å²) < 4.78 is 0. The van der Waals surface area contributed by atoms with Crippen LogP contribution in [0.1, 0.15) is 139 Å². The minimum atomic E-state index is 0. The number of para-hydroxylation sites is 2. The van der Waals surface area contributed by atoms with E-state index >= 15 is 0 Å². The first-order valence-electron chi connectivity index (χ1n) is 14.7. The van der Waals surface area contributed by atoms with Crippen molar-refractivity contribution in [1.82, 2.24) is 4.98 Å². The molecule has 0 saturated heterocycles. The summed E-state index contributed by atoms with van der Waals surface area (Å²) in [5, 5.41) is 12.0. The molecule has 0 aliphatic carbocycles. The topological polar surface area (TPSA) is 85.2 Å². The maximum atomic E-state index is 6.00. The summed E-state index contributed by atoms with van der Waals surface area (Å²) >= 11 is 0. The van der Waals surface area contributed by atoms with E-state index in [1.54, 1.807) is 0 Å². The van der Waals surface area contributed by atoms with Crippen LogP contribution in [0.5, 0.6) is 0 Å². The number of pyridine rings is 1. The van der Waals surface area contributed by atoms with Crippen LogP contribution in [0.3, 0.4) is 0 Å². The van der Waals surface area contributed by atoms with Gasteiger partial charge in [-0.3, -0.25) is 9.98 Å². The number of nitrogens with zero attached hydrogens (tertiary/aromatic N) is 5. The van der Waals surface area contributed by atoms with Crippen LogP contribution < -0.4 is 0 Å². The van der Waals surface area contributed by atoms with E-state index in [0.717, 1.165) is 47.0 Å². The third-order valence-electron chi connectivity index (χ3n) is 7.19. The molecule has 1 heterocycles. The van der Waals surface area contributed by atoms with Gasteiger partial charge in [0.1, 0.15) is 0 Å². The van der Waals surface area contributed by atoms with Gasteiger partial charge in [-0.05, 0) is 70.9 Å². The van der Waals surface area contributed by atoms with E-state index < -0.39 is 0 Å². The average Bonchev–Trinajstić information content (AvgIpc) is 2.95. The smallest absolute Gasteiger partial charge is 0.0852 e. The normalized spacial score (nSPS) is 12.0. The molecule has 2 aromatic carbocycles. The van der Waals surface area contributed by atoms with Crippen LogP contribution >= 0.6 is 0 Å². The molecule has 0 aliphatic heterocycles. The predicted octanol–water partition coefficient (Wildman–Crippen LogP) is 10.7. The Kier molecular flexibility index (Phi) is 14.8.